The molecule has 3 heterocycles. The molecule has 2 aromatic carbocycles. The summed E-state index contributed by atoms with van der Waals surface area (Å²) in [5.74, 6) is 1.47. The first-order valence-corrected chi connectivity index (χ1v) is 10.1. The normalized spacial score (nSPS) is 15.6. The van der Waals surface area contributed by atoms with Crippen molar-refractivity contribution in [1.82, 2.24) is 14.7 Å². The fourth-order valence-electron chi connectivity index (χ4n) is 4.03. The van der Waals surface area contributed by atoms with Crippen molar-refractivity contribution in [2.75, 3.05) is 7.11 Å². The average molecular weight is 411 g/mol. The van der Waals surface area contributed by atoms with Crippen LogP contribution in [0.3, 0.4) is 0 Å². The molecule has 154 valence electrons. The highest BCUT2D eigenvalue weighted by atomic mass is 19.1. The fourth-order valence-corrected chi connectivity index (χ4v) is 4.03. The van der Waals surface area contributed by atoms with Crippen LogP contribution in [0.5, 0.6) is 5.75 Å². The van der Waals surface area contributed by atoms with E-state index < -0.39 is 0 Å². The van der Waals surface area contributed by atoms with E-state index in [4.69, 9.17) is 4.74 Å². The SMILES string of the molecule is COc1cccc(-c2ncc3cc(C4=CC=CNC4c4ccc(F)c(C)c4)ccn23)c1. The topological polar surface area (TPSA) is 38.6 Å². The summed E-state index contributed by atoms with van der Waals surface area (Å²) in [6.07, 6.45) is 9.93. The predicted octanol–water partition coefficient (Wildman–Crippen LogP) is 5.70. The Balaban J connectivity index is 1.54. The molecule has 1 N–H and O–H groups in total. The lowest BCUT2D eigenvalue weighted by atomic mass is 9.90. The van der Waals surface area contributed by atoms with E-state index >= 15 is 0 Å². The first-order valence-electron chi connectivity index (χ1n) is 10.1. The first-order chi connectivity index (χ1) is 15.1. The number of rotatable bonds is 4. The van der Waals surface area contributed by atoms with Crippen molar-refractivity contribution >= 4 is 11.1 Å². The van der Waals surface area contributed by atoms with Gasteiger partial charge in [-0.15, -0.1) is 0 Å². The number of aryl methyl sites for hydroxylation is 1. The van der Waals surface area contributed by atoms with Crippen molar-refractivity contribution in [3.63, 3.8) is 0 Å². The molecule has 2 aromatic heterocycles. The van der Waals surface area contributed by atoms with E-state index in [0.29, 0.717) is 5.56 Å². The van der Waals surface area contributed by atoms with Gasteiger partial charge in [-0.1, -0.05) is 30.3 Å². The molecule has 5 heteroatoms. The Bertz CT molecular complexity index is 1340. The largest absolute Gasteiger partial charge is 0.497 e. The van der Waals surface area contributed by atoms with Gasteiger partial charge in [0.15, 0.2) is 0 Å². The third-order valence-electron chi connectivity index (χ3n) is 5.65. The van der Waals surface area contributed by atoms with Crippen LogP contribution in [0.25, 0.3) is 22.5 Å². The third-order valence-corrected chi connectivity index (χ3v) is 5.65. The average Bonchev–Trinajstić information content (AvgIpc) is 3.24. The Kier molecular flexibility index (Phi) is 4.79. The Morgan fingerprint density at radius 3 is 2.81 bits per heavy atom. The molecule has 4 nitrogen and oxygen atoms in total. The number of aromatic nitrogens is 2. The summed E-state index contributed by atoms with van der Waals surface area (Å²) >= 11 is 0. The van der Waals surface area contributed by atoms with Gasteiger partial charge >= 0.3 is 0 Å². The molecule has 0 amide bonds. The molecule has 31 heavy (non-hydrogen) atoms. The molecular formula is C26H22FN3O. The standard InChI is InChI=1S/C26H22FN3O/c1-17-13-19(8-9-24(17)27)25-23(7-4-11-28-25)18-10-12-30-21(14-18)16-29-26(30)20-5-3-6-22(15-20)31-2/h3-16,25,28H,1-2H3. The van der Waals surface area contributed by atoms with Crippen LogP contribution in [-0.2, 0) is 0 Å². The fraction of sp³-hybridized carbons (Fsp3) is 0.115. The Morgan fingerprint density at radius 2 is 1.97 bits per heavy atom. The molecule has 0 saturated heterocycles. The smallest absolute Gasteiger partial charge is 0.144 e. The Labute approximate surface area is 180 Å². The maximum absolute atomic E-state index is 13.8. The van der Waals surface area contributed by atoms with Gasteiger partial charge in [0.2, 0.25) is 0 Å². The number of benzene rings is 2. The second-order valence-electron chi connectivity index (χ2n) is 7.61. The first kappa shape index (κ1) is 19.1. The molecule has 1 aliphatic heterocycles. The van der Waals surface area contributed by atoms with Crippen LogP contribution in [0, 0.1) is 12.7 Å². The minimum absolute atomic E-state index is 0.0486. The monoisotopic (exact) mass is 411 g/mol. The molecule has 1 unspecified atom stereocenters. The summed E-state index contributed by atoms with van der Waals surface area (Å²) in [6.45, 7) is 1.79. The van der Waals surface area contributed by atoms with Crippen molar-refractivity contribution in [3.05, 3.63) is 108 Å². The lowest BCUT2D eigenvalue weighted by Crippen LogP contribution is -2.19. The van der Waals surface area contributed by atoms with Crippen LogP contribution in [0.2, 0.25) is 0 Å². The zero-order valence-electron chi connectivity index (χ0n) is 17.3. The molecule has 4 aromatic rings. The zero-order valence-corrected chi connectivity index (χ0v) is 17.3. The lowest BCUT2D eigenvalue weighted by molar-refractivity contribution is 0.415. The van der Waals surface area contributed by atoms with Crippen molar-refractivity contribution in [2.45, 2.75) is 13.0 Å². The highest BCUT2D eigenvalue weighted by molar-refractivity contribution is 5.77. The summed E-state index contributed by atoms with van der Waals surface area (Å²) in [7, 11) is 1.66. The van der Waals surface area contributed by atoms with Crippen LogP contribution in [0.4, 0.5) is 4.39 Å². The number of imidazole rings is 1. The summed E-state index contributed by atoms with van der Waals surface area (Å²) in [5, 5.41) is 3.41. The van der Waals surface area contributed by atoms with Crippen LogP contribution < -0.4 is 10.1 Å². The Hall–Kier alpha value is -3.86. The van der Waals surface area contributed by atoms with Crippen LogP contribution >= 0.6 is 0 Å². The molecule has 0 spiro atoms. The minimum Gasteiger partial charge on any atom is -0.497 e. The van der Waals surface area contributed by atoms with Gasteiger partial charge in [0.1, 0.15) is 17.4 Å². The highest BCUT2D eigenvalue weighted by Crippen LogP contribution is 2.34. The number of nitrogens with zero attached hydrogens (tertiary/aromatic N) is 2. The number of fused-ring (bicyclic) bond motifs is 1. The summed E-state index contributed by atoms with van der Waals surface area (Å²) in [5.41, 5.74) is 5.88. The van der Waals surface area contributed by atoms with Crippen molar-refractivity contribution in [3.8, 4) is 17.1 Å². The molecule has 0 aliphatic carbocycles. The number of dihydropyridines is 1. The number of halogens is 1. The second kappa shape index (κ2) is 7.76. The summed E-state index contributed by atoms with van der Waals surface area (Å²) < 4.78 is 21.2. The van der Waals surface area contributed by atoms with Crippen LogP contribution in [-0.4, -0.2) is 16.5 Å². The van der Waals surface area contributed by atoms with Gasteiger partial charge < -0.3 is 10.1 Å². The predicted molar refractivity (Wildman–Crippen MR) is 121 cm³/mol. The number of ether oxygens (including phenoxy) is 1. The zero-order chi connectivity index (χ0) is 21.4. The van der Waals surface area contributed by atoms with Gasteiger partial charge in [-0.3, -0.25) is 4.40 Å². The van der Waals surface area contributed by atoms with E-state index in [0.717, 1.165) is 39.4 Å². The summed E-state index contributed by atoms with van der Waals surface area (Å²) in [6, 6.07) is 17.3. The van der Waals surface area contributed by atoms with E-state index in [1.54, 1.807) is 14.0 Å². The molecule has 0 saturated carbocycles. The van der Waals surface area contributed by atoms with Gasteiger partial charge in [0, 0.05) is 11.8 Å². The number of pyridine rings is 1. The van der Waals surface area contributed by atoms with E-state index in [1.807, 2.05) is 61.1 Å². The maximum Gasteiger partial charge on any atom is 0.144 e. The van der Waals surface area contributed by atoms with Gasteiger partial charge in [-0.05, 0) is 71.8 Å². The molecule has 0 bridgehead atoms. The van der Waals surface area contributed by atoms with E-state index in [9.17, 15) is 4.39 Å². The van der Waals surface area contributed by atoms with Crippen LogP contribution in [0.15, 0.2) is 85.3 Å². The summed E-state index contributed by atoms with van der Waals surface area (Å²) in [4.78, 5) is 4.64. The molecule has 0 fully saturated rings. The quantitative estimate of drug-likeness (QED) is 0.468. The van der Waals surface area contributed by atoms with Crippen LogP contribution in [0.1, 0.15) is 22.7 Å². The maximum atomic E-state index is 13.8. The highest BCUT2D eigenvalue weighted by Gasteiger charge is 2.20. The van der Waals surface area contributed by atoms with Crippen molar-refractivity contribution in [1.29, 1.82) is 0 Å². The number of hydrogen-bond donors (Lipinski definition) is 1. The Morgan fingerprint density at radius 1 is 1.06 bits per heavy atom. The third kappa shape index (κ3) is 3.48. The van der Waals surface area contributed by atoms with Gasteiger partial charge in [-0.25, -0.2) is 9.37 Å². The number of allylic oxidation sites excluding steroid dienone is 2. The molecule has 1 aliphatic rings. The van der Waals surface area contributed by atoms with Crippen molar-refractivity contribution < 1.29 is 9.13 Å². The van der Waals surface area contributed by atoms with Gasteiger partial charge in [0.25, 0.3) is 0 Å². The second-order valence-corrected chi connectivity index (χ2v) is 7.61. The lowest BCUT2D eigenvalue weighted by Gasteiger charge is -2.25. The van der Waals surface area contributed by atoms with E-state index in [2.05, 4.69) is 32.9 Å². The van der Waals surface area contributed by atoms with E-state index in [-0.39, 0.29) is 11.9 Å². The number of nitrogens with one attached hydrogen (secondary N) is 1. The molecule has 0 radical (unpaired) electrons. The number of methoxy groups -OCH3 is 1. The molecule has 5 rings (SSSR count). The molecule has 1 atom stereocenters. The molecular weight excluding hydrogens is 389 g/mol. The van der Waals surface area contributed by atoms with Crippen molar-refractivity contribution in [2.24, 2.45) is 0 Å². The minimum atomic E-state index is -0.189. The van der Waals surface area contributed by atoms with Gasteiger partial charge in [0.05, 0.1) is 24.9 Å². The van der Waals surface area contributed by atoms with Gasteiger partial charge in [-0.2, -0.15) is 0 Å². The number of hydrogen-bond acceptors (Lipinski definition) is 3. The van der Waals surface area contributed by atoms with E-state index in [1.165, 1.54) is 6.07 Å².